The van der Waals surface area contributed by atoms with E-state index in [1.165, 1.54) is 7.11 Å². The molecule has 0 aromatic heterocycles. The van der Waals surface area contributed by atoms with Crippen molar-refractivity contribution in [3.05, 3.63) is 59.7 Å². The fourth-order valence-electron chi connectivity index (χ4n) is 2.03. The van der Waals surface area contributed by atoms with Crippen molar-refractivity contribution in [1.29, 1.82) is 0 Å². The van der Waals surface area contributed by atoms with Gasteiger partial charge in [0.2, 0.25) is 0 Å². The number of methoxy groups -OCH3 is 1. The van der Waals surface area contributed by atoms with E-state index in [9.17, 15) is 9.90 Å². The summed E-state index contributed by atoms with van der Waals surface area (Å²) in [6, 6.07) is 14.3. The van der Waals surface area contributed by atoms with Gasteiger partial charge < -0.3 is 14.6 Å². The fraction of sp³-hybridized carbons (Fsp3) is 0.235. The molecular weight excluding hydrogens is 268 g/mol. The van der Waals surface area contributed by atoms with Gasteiger partial charge in [0.15, 0.2) is 17.8 Å². The van der Waals surface area contributed by atoms with Gasteiger partial charge in [0, 0.05) is 0 Å². The van der Waals surface area contributed by atoms with Crippen molar-refractivity contribution >= 4 is 6.29 Å². The lowest BCUT2D eigenvalue weighted by Crippen LogP contribution is -2.29. The van der Waals surface area contributed by atoms with Crippen LogP contribution in [0.15, 0.2) is 48.5 Å². The monoisotopic (exact) mass is 286 g/mol. The Bertz CT molecular complexity index is 605. The lowest BCUT2D eigenvalue weighted by Gasteiger charge is -2.25. The number of carbonyl (C=O) groups is 1. The molecule has 1 unspecified atom stereocenters. The highest BCUT2D eigenvalue weighted by Crippen LogP contribution is 2.32. The Morgan fingerprint density at radius 2 is 1.86 bits per heavy atom. The van der Waals surface area contributed by atoms with E-state index in [1.54, 1.807) is 25.1 Å². The first-order valence-corrected chi connectivity index (χ1v) is 6.61. The Morgan fingerprint density at radius 3 is 2.48 bits per heavy atom. The van der Waals surface area contributed by atoms with E-state index in [4.69, 9.17) is 9.47 Å². The quantitative estimate of drug-likeness (QED) is 0.830. The second kappa shape index (κ2) is 6.41. The molecule has 1 N–H and O–H groups in total. The number of rotatable bonds is 6. The minimum atomic E-state index is -1.16. The van der Waals surface area contributed by atoms with Crippen molar-refractivity contribution < 1.29 is 19.4 Å². The van der Waals surface area contributed by atoms with Crippen LogP contribution in [0, 0.1) is 0 Å². The molecule has 0 heterocycles. The number of hydrogen-bond donors (Lipinski definition) is 1. The molecule has 2 aromatic carbocycles. The molecule has 110 valence electrons. The first kappa shape index (κ1) is 15.1. The van der Waals surface area contributed by atoms with Crippen molar-refractivity contribution in [2.45, 2.75) is 12.5 Å². The van der Waals surface area contributed by atoms with E-state index >= 15 is 0 Å². The summed E-state index contributed by atoms with van der Waals surface area (Å²) in [5.74, 6) is 0.801. The van der Waals surface area contributed by atoms with Gasteiger partial charge in [0.25, 0.3) is 0 Å². The highest BCUT2D eigenvalue weighted by Gasteiger charge is 2.25. The Hall–Kier alpha value is -2.33. The van der Waals surface area contributed by atoms with Crippen molar-refractivity contribution in [3.8, 4) is 11.5 Å². The predicted molar refractivity (Wildman–Crippen MR) is 79.9 cm³/mol. The maximum atomic E-state index is 11.1. The average molecular weight is 286 g/mol. The van der Waals surface area contributed by atoms with Gasteiger partial charge in [0.1, 0.15) is 12.2 Å². The first-order chi connectivity index (χ1) is 10.1. The van der Waals surface area contributed by atoms with Crippen LogP contribution in [0.25, 0.3) is 0 Å². The van der Waals surface area contributed by atoms with Crippen LogP contribution in [0.5, 0.6) is 11.5 Å². The molecule has 0 saturated carbocycles. The summed E-state index contributed by atoms with van der Waals surface area (Å²) in [6.45, 7) is 1.68. The molecule has 1 atom stereocenters. The maximum absolute atomic E-state index is 11.1. The van der Waals surface area contributed by atoms with Gasteiger partial charge in [0.05, 0.1) is 12.7 Å². The molecule has 0 amide bonds. The summed E-state index contributed by atoms with van der Waals surface area (Å²) >= 11 is 0. The molecule has 0 aliphatic carbocycles. The standard InChI is InChI=1S/C17H18O4/c1-17(19,14-8-4-3-5-9-14)12-21-16-13(11-18)7-6-10-15(16)20-2/h3-11,19H,12H2,1-2H3. The first-order valence-electron chi connectivity index (χ1n) is 6.61. The number of ether oxygens (including phenoxy) is 2. The molecular formula is C17H18O4. The number of aliphatic hydroxyl groups is 1. The molecule has 0 fully saturated rings. The molecule has 2 rings (SSSR count). The molecule has 0 spiro atoms. The third-order valence-electron chi connectivity index (χ3n) is 3.25. The van der Waals surface area contributed by atoms with Crippen LogP contribution in [-0.2, 0) is 5.60 Å². The third kappa shape index (κ3) is 3.41. The minimum absolute atomic E-state index is 0.0121. The van der Waals surface area contributed by atoms with Gasteiger partial charge >= 0.3 is 0 Å². The second-order valence-electron chi connectivity index (χ2n) is 4.93. The largest absolute Gasteiger partial charge is 0.493 e. The van der Waals surface area contributed by atoms with Crippen LogP contribution in [0.1, 0.15) is 22.8 Å². The van der Waals surface area contributed by atoms with Gasteiger partial charge in [-0.15, -0.1) is 0 Å². The number of carbonyl (C=O) groups excluding carboxylic acids is 1. The fourth-order valence-corrected chi connectivity index (χ4v) is 2.03. The maximum Gasteiger partial charge on any atom is 0.171 e. The highest BCUT2D eigenvalue weighted by atomic mass is 16.5. The Morgan fingerprint density at radius 1 is 1.14 bits per heavy atom. The van der Waals surface area contributed by atoms with E-state index in [0.717, 1.165) is 5.56 Å². The normalized spacial score (nSPS) is 13.3. The summed E-state index contributed by atoms with van der Waals surface area (Å²) < 4.78 is 10.9. The average Bonchev–Trinajstić information content (AvgIpc) is 2.53. The molecule has 4 heteroatoms. The van der Waals surface area contributed by atoms with Crippen LogP contribution in [-0.4, -0.2) is 25.1 Å². The summed E-state index contributed by atoms with van der Waals surface area (Å²) in [5.41, 5.74) is -0.0341. The van der Waals surface area contributed by atoms with Crippen molar-refractivity contribution in [2.24, 2.45) is 0 Å². The lowest BCUT2D eigenvalue weighted by atomic mass is 9.97. The third-order valence-corrected chi connectivity index (χ3v) is 3.25. The van der Waals surface area contributed by atoms with E-state index in [-0.39, 0.29) is 6.61 Å². The van der Waals surface area contributed by atoms with Gasteiger partial charge in [-0.25, -0.2) is 0 Å². The Balaban J connectivity index is 2.22. The van der Waals surface area contributed by atoms with Gasteiger partial charge in [-0.3, -0.25) is 4.79 Å². The number of aldehydes is 1. The number of hydrogen-bond acceptors (Lipinski definition) is 4. The van der Waals surface area contributed by atoms with Gasteiger partial charge in [-0.05, 0) is 24.6 Å². The lowest BCUT2D eigenvalue weighted by molar-refractivity contribution is 0.00664. The van der Waals surface area contributed by atoms with E-state index in [1.807, 2.05) is 30.3 Å². The SMILES string of the molecule is COc1cccc(C=O)c1OCC(C)(O)c1ccccc1. The number of benzene rings is 2. The van der Waals surface area contributed by atoms with Crippen LogP contribution >= 0.6 is 0 Å². The zero-order chi connectivity index (χ0) is 15.3. The van der Waals surface area contributed by atoms with E-state index in [2.05, 4.69) is 0 Å². The predicted octanol–water partition coefficient (Wildman–Crippen LogP) is 2.79. The minimum Gasteiger partial charge on any atom is -0.493 e. The Kier molecular flexibility index (Phi) is 4.60. The van der Waals surface area contributed by atoms with Crippen molar-refractivity contribution in [2.75, 3.05) is 13.7 Å². The molecule has 0 saturated heterocycles. The molecule has 0 aliphatic heterocycles. The highest BCUT2D eigenvalue weighted by molar-refractivity contribution is 5.81. The zero-order valence-electron chi connectivity index (χ0n) is 12.1. The van der Waals surface area contributed by atoms with Crippen LogP contribution in [0.4, 0.5) is 0 Å². The van der Waals surface area contributed by atoms with Gasteiger partial charge in [-0.1, -0.05) is 36.4 Å². The Labute approximate surface area is 123 Å². The van der Waals surface area contributed by atoms with Crippen LogP contribution < -0.4 is 9.47 Å². The van der Waals surface area contributed by atoms with E-state index in [0.29, 0.717) is 23.3 Å². The second-order valence-corrected chi connectivity index (χ2v) is 4.93. The topological polar surface area (TPSA) is 55.8 Å². The summed E-state index contributed by atoms with van der Waals surface area (Å²) in [6.07, 6.45) is 0.703. The zero-order valence-corrected chi connectivity index (χ0v) is 12.1. The molecule has 0 aliphatic rings. The molecule has 4 nitrogen and oxygen atoms in total. The van der Waals surface area contributed by atoms with Crippen molar-refractivity contribution in [3.63, 3.8) is 0 Å². The summed E-state index contributed by atoms with van der Waals surface area (Å²) in [7, 11) is 1.51. The van der Waals surface area contributed by atoms with Crippen LogP contribution in [0.3, 0.4) is 0 Å². The summed E-state index contributed by atoms with van der Waals surface area (Å²) in [5, 5.41) is 10.5. The molecule has 0 radical (unpaired) electrons. The smallest absolute Gasteiger partial charge is 0.171 e. The summed E-state index contributed by atoms with van der Waals surface area (Å²) in [4.78, 5) is 11.1. The van der Waals surface area contributed by atoms with Gasteiger partial charge in [-0.2, -0.15) is 0 Å². The van der Waals surface area contributed by atoms with Crippen molar-refractivity contribution in [1.82, 2.24) is 0 Å². The van der Waals surface area contributed by atoms with E-state index < -0.39 is 5.60 Å². The molecule has 21 heavy (non-hydrogen) atoms. The molecule has 2 aromatic rings. The molecule has 0 bridgehead atoms. The number of para-hydroxylation sites is 1. The van der Waals surface area contributed by atoms with Crippen LogP contribution in [0.2, 0.25) is 0 Å².